The Morgan fingerprint density at radius 2 is 2.23 bits per heavy atom. The van der Waals surface area contributed by atoms with Gasteiger partial charge < -0.3 is 15.8 Å². The number of carbonyl (C=O) groups excluding carboxylic acids is 2. The highest BCUT2D eigenvalue weighted by Gasteiger charge is 1.98. The Hall–Kier alpha value is -1.36. The van der Waals surface area contributed by atoms with Crippen molar-refractivity contribution in [1.29, 1.82) is 0 Å². The molecule has 0 aliphatic rings. The Balaban J connectivity index is 3.30. The minimum atomic E-state index is -0.493. The molecular weight excluding hydrogens is 172 g/mol. The lowest BCUT2D eigenvalue weighted by Gasteiger charge is -2.03. The van der Waals surface area contributed by atoms with Gasteiger partial charge in [0.1, 0.15) is 6.61 Å². The van der Waals surface area contributed by atoms with Crippen LogP contribution in [0.1, 0.15) is 6.42 Å². The van der Waals surface area contributed by atoms with E-state index in [0.717, 1.165) is 6.08 Å². The zero-order chi connectivity index (χ0) is 10.1. The number of amides is 1. The standard InChI is InChI=1S/C8H14N2O3/c1-2-8(12)13-6-5-10-7(11)3-4-9/h2H,1,3-6,9H2,(H,10,11). The number of esters is 1. The Morgan fingerprint density at radius 3 is 2.77 bits per heavy atom. The fourth-order valence-corrected chi connectivity index (χ4v) is 0.620. The van der Waals surface area contributed by atoms with Crippen molar-refractivity contribution in [2.75, 3.05) is 19.7 Å². The van der Waals surface area contributed by atoms with Gasteiger partial charge in [-0.2, -0.15) is 0 Å². The van der Waals surface area contributed by atoms with Crippen molar-refractivity contribution in [2.24, 2.45) is 5.73 Å². The summed E-state index contributed by atoms with van der Waals surface area (Å²) in [5.41, 5.74) is 5.14. The molecule has 5 heteroatoms. The smallest absolute Gasteiger partial charge is 0.330 e. The molecule has 0 unspecified atom stereocenters. The molecule has 0 aliphatic heterocycles. The third-order valence-electron chi connectivity index (χ3n) is 1.21. The first-order valence-electron chi connectivity index (χ1n) is 3.96. The third-order valence-corrected chi connectivity index (χ3v) is 1.21. The van der Waals surface area contributed by atoms with Gasteiger partial charge in [0.05, 0.1) is 6.54 Å². The van der Waals surface area contributed by atoms with Crippen LogP contribution in [0.15, 0.2) is 12.7 Å². The molecular formula is C8H14N2O3. The zero-order valence-corrected chi connectivity index (χ0v) is 7.41. The monoisotopic (exact) mass is 186 g/mol. The van der Waals surface area contributed by atoms with E-state index < -0.39 is 5.97 Å². The van der Waals surface area contributed by atoms with Crippen LogP contribution in [-0.2, 0) is 14.3 Å². The number of hydrogen-bond acceptors (Lipinski definition) is 4. The summed E-state index contributed by atoms with van der Waals surface area (Å²) in [6.45, 7) is 4.00. The Morgan fingerprint density at radius 1 is 1.54 bits per heavy atom. The number of rotatable bonds is 6. The van der Waals surface area contributed by atoms with Crippen LogP contribution in [0, 0.1) is 0 Å². The summed E-state index contributed by atoms with van der Waals surface area (Å²) >= 11 is 0. The summed E-state index contributed by atoms with van der Waals surface area (Å²) in [6, 6.07) is 0. The predicted octanol–water partition coefficient (Wildman–Crippen LogP) is -0.819. The van der Waals surface area contributed by atoms with Gasteiger partial charge in [-0.25, -0.2) is 4.79 Å². The number of nitrogens with one attached hydrogen (secondary N) is 1. The van der Waals surface area contributed by atoms with Gasteiger partial charge in [-0.1, -0.05) is 6.58 Å². The fraction of sp³-hybridized carbons (Fsp3) is 0.500. The van der Waals surface area contributed by atoms with E-state index in [1.807, 2.05) is 0 Å². The number of carbonyl (C=O) groups is 2. The molecule has 0 aliphatic carbocycles. The van der Waals surface area contributed by atoms with Crippen molar-refractivity contribution < 1.29 is 14.3 Å². The summed E-state index contributed by atoms with van der Waals surface area (Å²) in [5.74, 6) is -0.634. The minimum absolute atomic E-state index is 0.142. The lowest BCUT2D eigenvalue weighted by molar-refractivity contribution is -0.138. The highest BCUT2D eigenvalue weighted by atomic mass is 16.5. The molecule has 0 radical (unpaired) electrons. The molecule has 0 rings (SSSR count). The van der Waals surface area contributed by atoms with Gasteiger partial charge in [0.15, 0.2) is 0 Å². The van der Waals surface area contributed by atoms with Crippen LogP contribution in [0.3, 0.4) is 0 Å². The molecule has 0 aromatic carbocycles. The average Bonchev–Trinajstić information content (AvgIpc) is 2.12. The lowest BCUT2D eigenvalue weighted by atomic mass is 10.4. The first-order valence-corrected chi connectivity index (χ1v) is 3.96. The minimum Gasteiger partial charge on any atom is -0.461 e. The van der Waals surface area contributed by atoms with Crippen LogP contribution in [0.5, 0.6) is 0 Å². The Bertz CT molecular complexity index is 192. The van der Waals surface area contributed by atoms with E-state index in [4.69, 9.17) is 5.73 Å². The van der Waals surface area contributed by atoms with Gasteiger partial charge >= 0.3 is 5.97 Å². The summed E-state index contributed by atoms with van der Waals surface area (Å²) in [6.07, 6.45) is 1.36. The maximum atomic E-state index is 10.8. The largest absolute Gasteiger partial charge is 0.461 e. The SMILES string of the molecule is C=CC(=O)OCCNC(=O)CCN. The van der Waals surface area contributed by atoms with Gasteiger partial charge in [0.25, 0.3) is 0 Å². The van der Waals surface area contributed by atoms with Gasteiger partial charge in [-0.3, -0.25) is 4.79 Å². The molecule has 74 valence electrons. The maximum absolute atomic E-state index is 10.8. The van der Waals surface area contributed by atoms with Crippen LogP contribution in [0.2, 0.25) is 0 Å². The van der Waals surface area contributed by atoms with Crippen molar-refractivity contribution >= 4 is 11.9 Å². The van der Waals surface area contributed by atoms with Crippen molar-refractivity contribution in [3.63, 3.8) is 0 Å². The molecule has 0 fully saturated rings. The summed E-state index contributed by atoms with van der Waals surface area (Å²) < 4.78 is 4.62. The van der Waals surface area contributed by atoms with Crippen LogP contribution in [-0.4, -0.2) is 31.6 Å². The molecule has 0 atom stereocenters. The second-order valence-corrected chi connectivity index (χ2v) is 2.26. The maximum Gasteiger partial charge on any atom is 0.330 e. The first kappa shape index (κ1) is 11.6. The van der Waals surface area contributed by atoms with E-state index in [0.29, 0.717) is 13.1 Å². The van der Waals surface area contributed by atoms with E-state index >= 15 is 0 Å². The Kier molecular flexibility index (Phi) is 6.53. The summed E-state index contributed by atoms with van der Waals surface area (Å²) in [4.78, 5) is 21.3. The average molecular weight is 186 g/mol. The van der Waals surface area contributed by atoms with Gasteiger partial charge in [0, 0.05) is 19.0 Å². The first-order chi connectivity index (χ1) is 6.20. The normalized spacial score (nSPS) is 9.00. The molecule has 0 bridgehead atoms. The van der Waals surface area contributed by atoms with Gasteiger partial charge in [-0.05, 0) is 0 Å². The molecule has 13 heavy (non-hydrogen) atoms. The van der Waals surface area contributed by atoms with E-state index in [-0.39, 0.29) is 18.9 Å². The number of ether oxygens (including phenoxy) is 1. The van der Waals surface area contributed by atoms with Crippen LogP contribution in [0.4, 0.5) is 0 Å². The fourth-order valence-electron chi connectivity index (χ4n) is 0.620. The molecule has 0 heterocycles. The Labute approximate surface area is 76.9 Å². The van der Waals surface area contributed by atoms with Crippen molar-refractivity contribution in [3.05, 3.63) is 12.7 Å². The van der Waals surface area contributed by atoms with Crippen molar-refractivity contribution in [3.8, 4) is 0 Å². The molecule has 5 nitrogen and oxygen atoms in total. The zero-order valence-electron chi connectivity index (χ0n) is 7.41. The van der Waals surface area contributed by atoms with Crippen LogP contribution in [0.25, 0.3) is 0 Å². The van der Waals surface area contributed by atoms with Crippen LogP contribution < -0.4 is 11.1 Å². The van der Waals surface area contributed by atoms with E-state index in [1.165, 1.54) is 0 Å². The number of hydrogen-bond donors (Lipinski definition) is 2. The molecule has 0 aromatic heterocycles. The van der Waals surface area contributed by atoms with Gasteiger partial charge in [-0.15, -0.1) is 0 Å². The van der Waals surface area contributed by atoms with Crippen molar-refractivity contribution in [1.82, 2.24) is 5.32 Å². The van der Waals surface area contributed by atoms with Crippen LogP contribution >= 0.6 is 0 Å². The van der Waals surface area contributed by atoms with Gasteiger partial charge in [0.2, 0.25) is 5.91 Å². The molecule has 0 saturated heterocycles. The highest BCUT2D eigenvalue weighted by Crippen LogP contribution is 1.79. The molecule has 3 N–H and O–H groups in total. The van der Waals surface area contributed by atoms with Crippen molar-refractivity contribution in [2.45, 2.75) is 6.42 Å². The summed E-state index contributed by atoms with van der Waals surface area (Å²) in [7, 11) is 0. The van der Waals surface area contributed by atoms with E-state index in [1.54, 1.807) is 0 Å². The second kappa shape index (κ2) is 7.30. The van der Waals surface area contributed by atoms with E-state index in [9.17, 15) is 9.59 Å². The number of nitrogens with two attached hydrogens (primary N) is 1. The van der Waals surface area contributed by atoms with E-state index in [2.05, 4.69) is 16.6 Å². The predicted molar refractivity (Wildman–Crippen MR) is 47.8 cm³/mol. The molecule has 0 aromatic rings. The highest BCUT2D eigenvalue weighted by molar-refractivity contribution is 5.81. The lowest BCUT2D eigenvalue weighted by Crippen LogP contribution is -2.29. The summed E-state index contributed by atoms with van der Waals surface area (Å²) in [5, 5.41) is 2.53. The molecule has 0 saturated carbocycles. The second-order valence-electron chi connectivity index (χ2n) is 2.26. The third kappa shape index (κ3) is 7.02. The quantitative estimate of drug-likeness (QED) is 0.322. The topological polar surface area (TPSA) is 81.4 Å². The molecule has 1 amide bonds. The molecule has 0 spiro atoms.